The van der Waals surface area contributed by atoms with Gasteiger partial charge in [-0.2, -0.15) is 0 Å². The van der Waals surface area contributed by atoms with Crippen LogP contribution in [0, 0.1) is 5.92 Å². The summed E-state index contributed by atoms with van der Waals surface area (Å²) in [5.74, 6) is 1.24. The standard InChI is InChI=1S/C11H16N2O/c1-8-6-12-5-4-10(8)9-2-3-11(14)13-7-9/h2-3,7-8,10,12H,4-6H2,1H3,(H,13,14)/t8-,10-/m1/s1. The Morgan fingerprint density at radius 2 is 2.29 bits per heavy atom. The lowest BCUT2D eigenvalue weighted by atomic mass is 9.83. The summed E-state index contributed by atoms with van der Waals surface area (Å²) in [6.45, 7) is 4.40. The molecule has 2 N–H and O–H groups in total. The summed E-state index contributed by atoms with van der Waals surface area (Å²) in [5, 5.41) is 3.37. The number of H-pyrrole nitrogens is 1. The summed E-state index contributed by atoms with van der Waals surface area (Å²) in [5.41, 5.74) is 1.24. The lowest BCUT2D eigenvalue weighted by molar-refractivity contribution is 0.349. The number of hydrogen-bond donors (Lipinski definition) is 2. The number of pyridine rings is 1. The lowest BCUT2D eigenvalue weighted by Crippen LogP contribution is -2.33. The molecule has 1 aliphatic rings. The fraction of sp³-hybridized carbons (Fsp3) is 0.545. The van der Waals surface area contributed by atoms with E-state index < -0.39 is 0 Å². The largest absolute Gasteiger partial charge is 0.329 e. The summed E-state index contributed by atoms with van der Waals surface area (Å²) in [7, 11) is 0. The molecule has 0 spiro atoms. The average Bonchev–Trinajstić information content (AvgIpc) is 2.20. The van der Waals surface area contributed by atoms with Crippen LogP contribution in [0.25, 0.3) is 0 Å². The number of nitrogens with one attached hydrogen (secondary N) is 2. The van der Waals surface area contributed by atoms with E-state index in [-0.39, 0.29) is 5.56 Å². The van der Waals surface area contributed by atoms with Gasteiger partial charge in [-0.15, -0.1) is 0 Å². The molecular formula is C11H16N2O. The van der Waals surface area contributed by atoms with Gasteiger partial charge in [0.25, 0.3) is 0 Å². The van der Waals surface area contributed by atoms with E-state index in [1.807, 2.05) is 12.3 Å². The molecule has 1 fully saturated rings. The van der Waals surface area contributed by atoms with Crippen LogP contribution in [0.5, 0.6) is 0 Å². The van der Waals surface area contributed by atoms with Crippen molar-refractivity contribution >= 4 is 0 Å². The van der Waals surface area contributed by atoms with E-state index in [4.69, 9.17) is 0 Å². The Hall–Kier alpha value is -1.09. The summed E-state index contributed by atoms with van der Waals surface area (Å²) in [4.78, 5) is 13.7. The summed E-state index contributed by atoms with van der Waals surface area (Å²) >= 11 is 0. The van der Waals surface area contributed by atoms with Crippen molar-refractivity contribution in [2.45, 2.75) is 19.3 Å². The van der Waals surface area contributed by atoms with E-state index in [2.05, 4.69) is 17.2 Å². The molecule has 3 nitrogen and oxygen atoms in total. The highest BCUT2D eigenvalue weighted by Gasteiger charge is 2.22. The molecular weight excluding hydrogens is 176 g/mol. The van der Waals surface area contributed by atoms with Gasteiger partial charge in [0, 0.05) is 12.3 Å². The molecule has 76 valence electrons. The predicted octanol–water partition coefficient (Wildman–Crippen LogP) is 1.09. The third-order valence-electron chi connectivity index (χ3n) is 3.02. The molecule has 0 unspecified atom stereocenters. The Labute approximate surface area is 83.5 Å². The zero-order valence-corrected chi connectivity index (χ0v) is 8.42. The number of rotatable bonds is 1. The minimum absolute atomic E-state index is 0.0182. The van der Waals surface area contributed by atoms with Gasteiger partial charge in [-0.05, 0) is 36.9 Å². The SMILES string of the molecule is C[C@@H]1CNCC[C@H]1c1ccc(=O)[nH]c1. The third kappa shape index (κ3) is 1.87. The van der Waals surface area contributed by atoms with Crippen LogP contribution in [-0.2, 0) is 0 Å². The van der Waals surface area contributed by atoms with Crippen LogP contribution in [0.4, 0.5) is 0 Å². The first-order valence-electron chi connectivity index (χ1n) is 5.17. The average molecular weight is 192 g/mol. The molecule has 0 radical (unpaired) electrons. The molecule has 1 aromatic heterocycles. The van der Waals surface area contributed by atoms with Crippen molar-refractivity contribution in [1.29, 1.82) is 0 Å². The minimum Gasteiger partial charge on any atom is -0.329 e. The topological polar surface area (TPSA) is 44.9 Å². The molecule has 2 atom stereocenters. The van der Waals surface area contributed by atoms with Crippen LogP contribution in [0.1, 0.15) is 24.8 Å². The Morgan fingerprint density at radius 3 is 2.93 bits per heavy atom. The highest BCUT2D eigenvalue weighted by atomic mass is 16.1. The quantitative estimate of drug-likeness (QED) is 0.699. The van der Waals surface area contributed by atoms with Gasteiger partial charge < -0.3 is 10.3 Å². The van der Waals surface area contributed by atoms with Gasteiger partial charge in [-0.1, -0.05) is 13.0 Å². The molecule has 0 saturated carbocycles. The molecule has 3 heteroatoms. The van der Waals surface area contributed by atoms with Crippen LogP contribution >= 0.6 is 0 Å². The number of aromatic nitrogens is 1. The van der Waals surface area contributed by atoms with Crippen LogP contribution in [-0.4, -0.2) is 18.1 Å². The second-order valence-corrected chi connectivity index (χ2v) is 4.06. The fourth-order valence-electron chi connectivity index (χ4n) is 2.16. The van der Waals surface area contributed by atoms with Crippen molar-refractivity contribution in [3.63, 3.8) is 0 Å². The molecule has 1 aromatic rings. The highest BCUT2D eigenvalue weighted by molar-refractivity contribution is 5.16. The molecule has 0 aromatic carbocycles. The van der Waals surface area contributed by atoms with E-state index in [0.29, 0.717) is 11.8 Å². The molecule has 1 aliphatic heterocycles. The van der Waals surface area contributed by atoms with Gasteiger partial charge in [0.15, 0.2) is 0 Å². The molecule has 0 bridgehead atoms. The van der Waals surface area contributed by atoms with Crippen LogP contribution in [0.2, 0.25) is 0 Å². The van der Waals surface area contributed by atoms with Crippen molar-refractivity contribution in [3.05, 3.63) is 34.2 Å². The molecule has 2 heterocycles. The lowest BCUT2D eigenvalue weighted by Gasteiger charge is -2.29. The zero-order valence-electron chi connectivity index (χ0n) is 8.42. The van der Waals surface area contributed by atoms with Gasteiger partial charge in [0.05, 0.1) is 0 Å². The summed E-state index contributed by atoms with van der Waals surface area (Å²) in [6.07, 6.45) is 3.02. The van der Waals surface area contributed by atoms with Gasteiger partial charge in [0.2, 0.25) is 5.56 Å². The first-order valence-corrected chi connectivity index (χ1v) is 5.17. The maximum absolute atomic E-state index is 10.9. The van der Waals surface area contributed by atoms with E-state index in [0.717, 1.165) is 19.5 Å². The normalized spacial score (nSPS) is 27.5. The molecule has 14 heavy (non-hydrogen) atoms. The Kier molecular flexibility index (Phi) is 2.68. The van der Waals surface area contributed by atoms with Crippen LogP contribution < -0.4 is 10.9 Å². The maximum atomic E-state index is 10.9. The Balaban J connectivity index is 2.20. The highest BCUT2D eigenvalue weighted by Crippen LogP contribution is 2.28. The van der Waals surface area contributed by atoms with Crippen molar-refractivity contribution in [1.82, 2.24) is 10.3 Å². The van der Waals surface area contributed by atoms with E-state index in [1.165, 1.54) is 5.56 Å². The molecule has 0 amide bonds. The maximum Gasteiger partial charge on any atom is 0.247 e. The van der Waals surface area contributed by atoms with Crippen LogP contribution in [0.3, 0.4) is 0 Å². The van der Waals surface area contributed by atoms with Crippen molar-refractivity contribution in [3.8, 4) is 0 Å². The van der Waals surface area contributed by atoms with Crippen molar-refractivity contribution in [2.75, 3.05) is 13.1 Å². The Bertz CT molecular complexity index is 338. The van der Waals surface area contributed by atoms with Crippen LogP contribution in [0.15, 0.2) is 23.1 Å². The second-order valence-electron chi connectivity index (χ2n) is 4.06. The first kappa shape index (κ1) is 9.46. The van der Waals surface area contributed by atoms with Gasteiger partial charge in [-0.25, -0.2) is 0 Å². The molecule has 1 saturated heterocycles. The molecule has 2 rings (SSSR count). The summed E-state index contributed by atoms with van der Waals surface area (Å²) < 4.78 is 0. The van der Waals surface area contributed by atoms with Gasteiger partial charge in [-0.3, -0.25) is 4.79 Å². The van der Waals surface area contributed by atoms with Crippen molar-refractivity contribution < 1.29 is 0 Å². The zero-order chi connectivity index (χ0) is 9.97. The van der Waals surface area contributed by atoms with Crippen molar-refractivity contribution in [2.24, 2.45) is 5.92 Å². The smallest absolute Gasteiger partial charge is 0.247 e. The number of hydrogen-bond acceptors (Lipinski definition) is 2. The predicted molar refractivity (Wildman–Crippen MR) is 56.5 cm³/mol. The Morgan fingerprint density at radius 1 is 1.43 bits per heavy atom. The van der Waals surface area contributed by atoms with E-state index >= 15 is 0 Å². The van der Waals surface area contributed by atoms with E-state index in [1.54, 1.807) is 6.07 Å². The second kappa shape index (κ2) is 3.96. The van der Waals surface area contributed by atoms with Gasteiger partial charge in [0.1, 0.15) is 0 Å². The van der Waals surface area contributed by atoms with Gasteiger partial charge >= 0.3 is 0 Å². The minimum atomic E-state index is -0.0182. The molecule has 0 aliphatic carbocycles. The van der Waals surface area contributed by atoms with E-state index in [9.17, 15) is 4.79 Å². The first-order chi connectivity index (χ1) is 6.77. The number of aromatic amines is 1. The third-order valence-corrected chi connectivity index (χ3v) is 3.02. The fourth-order valence-corrected chi connectivity index (χ4v) is 2.16. The summed E-state index contributed by atoms with van der Waals surface area (Å²) in [6, 6.07) is 3.56. The monoisotopic (exact) mass is 192 g/mol. The number of piperidine rings is 1.